The van der Waals surface area contributed by atoms with Crippen molar-refractivity contribution in [3.63, 3.8) is 0 Å². The van der Waals surface area contributed by atoms with Crippen LogP contribution in [0.2, 0.25) is 0 Å². The van der Waals surface area contributed by atoms with Crippen LogP contribution in [0.4, 0.5) is 10.6 Å². The van der Waals surface area contributed by atoms with Crippen LogP contribution >= 0.6 is 0 Å². The van der Waals surface area contributed by atoms with Crippen molar-refractivity contribution >= 4 is 39.9 Å². The molecule has 0 bridgehead atoms. The Bertz CT molecular complexity index is 1200. The van der Waals surface area contributed by atoms with Gasteiger partial charge in [-0.3, -0.25) is 10.1 Å². The molecule has 30 heavy (non-hydrogen) atoms. The molecule has 8 nitrogen and oxygen atoms in total. The quantitative estimate of drug-likeness (QED) is 0.495. The second-order valence-corrected chi connectivity index (χ2v) is 8.20. The van der Waals surface area contributed by atoms with Gasteiger partial charge in [-0.05, 0) is 50.5 Å². The summed E-state index contributed by atoms with van der Waals surface area (Å²) in [7, 11) is 1.20. The minimum absolute atomic E-state index is 0.0106. The molecule has 0 saturated heterocycles. The van der Waals surface area contributed by atoms with Gasteiger partial charge in [0.2, 0.25) is 11.1 Å². The average Bonchev–Trinajstić information content (AvgIpc) is 2.65. The number of fused-ring (bicyclic) bond motifs is 2. The van der Waals surface area contributed by atoms with Gasteiger partial charge in [0.25, 0.3) is 0 Å². The number of nitrogens with zero attached hydrogens (tertiary/aromatic N) is 1. The summed E-state index contributed by atoms with van der Waals surface area (Å²) < 4.78 is 15.8. The summed E-state index contributed by atoms with van der Waals surface area (Å²) in [6.45, 7) is 9.17. The molecule has 8 heteroatoms. The van der Waals surface area contributed by atoms with Crippen molar-refractivity contribution in [3.8, 4) is 0 Å². The third-order valence-electron chi connectivity index (χ3n) is 4.38. The molecule has 1 N–H and O–H groups in total. The van der Waals surface area contributed by atoms with Crippen LogP contribution in [0.25, 0.3) is 22.1 Å². The van der Waals surface area contributed by atoms with E-state index in [1.807, 2.05) is 19.9 Å². The predicted octanol–water partition coefficient (Wildman–Crippen LogP) is 4.60. The maximum atomic E-state index is 13.1. The molecule has 1 aromatic carbocycles. The summed E-state index contributed by atoms with van der Waals surface area (Å²) in [6.07, 6.45) is -0.802. The van der Waals surface area contributed by atoms with Gasteiger partial charge >= 0.3 is 12.1 Å². The van der Waals surface area contributed by atoms with Crippen molar-refractivity contribution in [2.24, 2.45) is 0 Å². The molecule has 0 aliphatic rings. The second kappa shape index (κ2) is 7.78. The van der Waals surface area contributed by atoms with Gasteiger partial charge < -0.3 is 13.9 Å². The lowest BCUT2D eigenvalue weighted by Crippen LogP contribution is -2.28. The van der Waals surface area contributed by atoms with Crippen molar-refractivity contribution in [1.29, 1.82) is 0 Å². The van der Waals surface area contributed by atoms with Gasteiger partial charge in [0.1, 0.15) is 16.7 Å². The van der Waals surface area contributed by atoms with Crippen molar-refractivity contribution in [1.82, 2.24) is 4.98 Å². The number of aromatic nitrogens is 1. The highest BCUT2D eigenvalue weighted by Gasteiger charge is 2.23. The summed E-state index contributed by atoms with van der Waals surface area (Å²) in [4.78, 5) is 41.8. The predicted molar refractivity (Wildman–Crippen MR) is 113 cm³/mol. The molecule has 0 unspecified atom stereocenters. The van der Waals surface area contributed by atoms with Crippen molar-refractivity contribution in [2.75, 3.05) is 12.4 Å². The first-order chi connectivity index (χ1) is 14.0. The number of carbonyl (C=O) groups is 2. The SMILES string of the molecule is COC(=O)c1cc2c(=O)c3cc(C(C)C)ccc3oc2nc1NC(=O)OC(C)(C)C. The maximum absolute atomic E-state index is 13.1. The zero-order chi connectivity index (χ0) is 22.2. The number of nitrogens with one attached hydrogen (secondary N) is 1. The lowest BCUT2D eigenvalue weighted by Gasteiger charge is -2.20. The lowest BCUT2D eigenvalue weighted by molar-refractivity contribution is 0.0601. The van der Waals surface area contributed by atoms with Gasteiger partial charge in [-0.15, -0.1) is 0 Å². The van der Waals surface area contributed by atoms with E-state index in [0.717, 1.165) is 5.56 Å². The van der Waals surface area contributed by atoms with E-state index < -0.39 is 17.7 Å². The number of amides is 1. The smallest absolute Gasteiger partial charge is 0.413 e. The fourth-order valence-electron chi connectivity index (χ4n) is 2.92. The molecular weight excluding hydrogens is 388 g/mol. The molecule has 0 aliphatic heterocycles. The number of benzene rings is 1. The average molecular weight is 412 g/mol. The van der Waals surface area contributed by atoms with Crippen LogP contribution in [0.5, 0.6) is 0 Å². The number of pyridine rings is 1. The largest absolute Gasteiger partial charge is 0.465 e. The molecule has 3 aromatic rings. The van der Waals surface area contributed by atoms with Gasteiger partial charge in [0.15, 0.2) is 5.82 Å². The van der Waals surface area contributed by atoms with Crippen LogP contribution in [0.3, 0.4) is 0 Å². The molecule has 2 aromatic heterocycles. The zero-order valence-corrected chi connectivity index (χ0v) is 17.8. The number of ether oxygens (including phenoxy) is 2. The summed E-state index contributed by atoms with van der Waals surface area (Å²) in [5.74, 6) is -0.649. The fraction of sp³-hybridized carbons (Fsp3) is 0.364. The van der Waals surface area contributed by atoms with E-state index in [9.17, 15) is 14.4 Å². The van der Waals surface area contributed by atoms with Crippen LogP contribution < -0.4 is 10.7 Å². The first-order valence-electron chi connectivity index (χ1n) is 9.50. The summed E-state index contributed by atoms with van der Waals surface area (Å²) >= 11 is 0. The molecule has 2 heterocycles. The number of hydrogen-bond donors (Lipinski definition) is 1. The first kappa shape index (κ1) is 21.3. The molecule has 0 atom stereocenters. The highest BCUT2D eigenvalue weighted by atomic mass is 16.6. The fourth-order valence-corrected chi connectivity index (χ4v) is 2.92. The molecule has 0 saturated carbocycles. The minimum atomic E-state index is -0.802. The standard InChI is InChI=1S/C22H24N2O6/c1-11(2)12-7-8-16-13(9-12)17(25)14-10-15(20(26)28-6)18(23-19(14)29-16)24-21(27)30-22(3,4)5/h7-11H,1-6H3,(H,23,24,27). The number of anilines is 1. The molecule has 0 fully saturated rings. The number of carbonyl (C=O) groups excluding carboxylic acids is 2. The molecular formula is C22H24N2O6. The molecule has 0 aliphatic carbocycles. The highest BCUT2D eigenvalue weighted by molar-refractivity contribution is 6.02. The zero-order valence-electron chi connectivity index (χ0n) is 17.8. The normalized spacial score (nSPS) is 11.7. The van der Waals surface area contributed by atoms with Crippen molar-refractivity contribution in [2.45, 2.75) is 46.1 Å². The van der Waals surface area contributed by atoms with Crippen molar-refractivity contribution < 1.29 is 23.5 Å². The number of rotatable bonds is 3. The third-order valence-corrected chi connectivity index (χ3v) is 4.38. The van der Waals surface area contributed by atoms with E-state index in [2.05, 4.69) is 10.3 Å². The van der Waals surface area contributed by atoms with Gasteiger partial charge in [0, 0.05) is 0 Å². The first-order valence-corrected chi connectivity index (χ1v) is 9.50. The van der Waals surface area contributed by atoms with E-state index in [1.54, 1.807) is 32.9 Å². The van der Waals surface area contributed by atoms with E-state index in [1.165, 1.54) is 13.2 Å². The molecule has 0 spiro atoms. The van der Waals surface area contributed by atoms with E-state index in [0.29, 0.717) is 11.0 Å². The number of esters is 1. The van der Waals surface area contributed by atoms with Crippen LogP contribution in [-0.4, -0.2) is 29.8 Å². The number of methoxy groups -OCH3 is 1. The Morgan fingerprint density at radius 2 is 1.83 bits per heavy atom. The van der Waals surface area contributed by atoms with Crippen LogP contribution in [0.15, 0.2) is 33.5 Å². The molecule has 158 valence electrons. The highest BCUT2D eigenvalue weighted by Crippen LogP contribution is 2.25. The Kier molecular flexibility index (Phi) is 5.52. The van der Waals surface area contributed by atoms with Gasteiger partial charge in [-0.2, -0.15) is 4.98 Å². The minimum Gasteiger partial charge on any atom is -0.465 e. The molecule has 3 rings (SSSR count). The van der Waals surface area contributed by atoms with Crippen molar-refractivity contribution in [3.05, 3.63) is 45.6 Å². The number of hydrogen-bond acceptors (Lipinski definition) is 7. The van der Waals surface area contributed by atoms with Gasteiger partial charge in [0.05, 0.1) is 17.9 Å². The Balaban J connectivity index is 2.21. The van der Waals surface area contributed by atoms with Crippen LogP contribution in [-0.2, 0) is 9.47 Å². The van der Waals surface area contributed by atoms with Gasteiger partial charge in [-0.1, -0.05) is 19.9 Å². The van der Waals surface area contributed by atoms with E-state index in [-0.39, 0.29) is 33.8 Å². The Morgan fingerprint density at radius 1 is 1.13 bits per heavy atom. The van der Waals surface area contributed by atoms with Crippen LogP contribution in [0.1, 0.15) is 56.5 Å². The Hall–Kier alpha value is -3.42. The second-order valence-electron chi connectivity index (χ2n) is 8.20. The Labute approximate surface area is 173 Å². The third kappa shape index (κ3) is 4.27. The molecule has 0 radical (unpaired) electrons. The van der Waals surface area contributed by atoms with Crippen LogP contribution in [0, 0.1) is 0 Å². The summed E-state index contributed by atoms with van der Waals surface area (Å²) in [5.41, 5.74) is 0.182. The van der Waals surface area contributed by atoms with E-state index in [4.69, 9.17) is 13.9 Å². The summed E-state index contributed by atoms with van der Waals surface area (Å²) in [6, 6.07) is 6.68. The summed E-state index contributed by atoms with van der Waals surface area (Å²) in [5, 5.41) is 2.93. The molecule has 1 amide bonds. The maximum Gasteiger partial charge on any atom is 0.413 e. The lowest BCUT2D eigenvalue weighted by atomic mass is 10.0. The Morgan fingerprint density at radius 3 is 2.43 bits per heavy atom. The van der Waals surface area contributed by atoms with E-state index >= 15 is 0 Å². The monoisotopic (exact) mass is 412 g/mol. The van der Waals surface area contributed by atoms with Gasteiger partial charge in [-0.25, -0.2) is 9.59 Å². The topological polar surface area (TPSA) is 108 Å².